The summed E-state index contributed by atoms with van der Waals surface area (Å²) in [6, 6.07) is 0. The van der Waals surface area contributed by atoms with Crippen LogP contribution in [0.5, 0.6) is 0 Å². The first-order chi connectivity index (χ1) is 5.07. The molecule has 6 nitrogen and oxygen atoms in total. The summed E-state index contributed by atoms with van der Waals surface area (Å²) >= 11 is 0. The zero-order valence-corrected chi connectivity index (χ0v) is 6.37. The summed E-state index contributed by atoms with van der Waals surface area (Å²) < 4.78 is 1.24. The van der Waals surface area contributed by atoms with E-state index >= 15 is 0 Å². The quantitative estimate of drug-likeness (QED) is 0.129. The number of hydrazine groups is 2. The molecule has 0 aliphatic heterocycles. The zero-order valence-electron chi connectivity index (χ0n) is 6.37. The van der Waals surface area contributed by atoms with Gasteiger partial charge in [-0.2, -0.15) is 10.5 Å². The predicted molar refractivity (Wildman–Crippen MR) is 39.6 cm³/mol. The van der Waals surface area contributed by atoms with Crippen LogP contribution in [-0.4, -0.2) is 28.1 Å². The molecule has 0 bridgehead atoms. The second-order valence-corrected chi connectivity index (χ2v) is 2.07. The molecular weight excluding hydrogens is 148 g/mol. The summed E-state index contributed by atoms with van der Waals surface area (Å²) in [6.07, 6.45) is -0.00444. The van der Waals surface area contributed by atoms with E-state index in [-0.39, 0.29) is 13.0 Å². The molecule has 0 saturated carbocycles. The van der Waals surface area contributed by atoms with Crippen LogP contribution in [0, 0.1) is 0 Å². The van der Waals surface area contributed by atoms with Gasteiger partial charge in [-0.15, -0.1) is 0 Å². The maximum atomic E-state index is 10.1. The minimum atomic E-state index is -0.884. The third-order valence-corrected chi connectivity index (χ3v) is 1.21. The molecule has 0 radical (unpaired) electrons. The van der Waals surface area contributed by atoms with Crippen LogP contribution in [0.3, 0.4) is 0 Å². The van der Waals surface area contributed by atoms with Crippen LogP contribution in [0.4, 0.5) is 0 Å². The first kappa shape index (κ1) is 9.70. The Kier molecular flexibility index (Phi) is 3.97. The molecule has 0 heterocycles. The first-order valence-corrected chi connectivity index (χ1v) is 3.12. The molecule has 0 aromatic rings. The Labute approximate surface area is 64.4 Å². The number of carbonyl (C=O) groups is 1. The molecular formula is C5H13N4O2+. The third-order valence-electron chi connectivity index (χ3n) is 1.21. The van der Waals surface area contributed by atoms with Gasteiger partial charge in [0.25, 0.3) is 5.84 Å². The highest BCUT2D eigenvalue weighted by Gasteiger charge is 2.04. The smallest absolute Gasteiger partial charge is 0.307 e. The van der Waals surface area contributed by atoms with Crippen molar-refractivity contribution in [3.63, 3.8) is 0 Å². The molecule has 6 N–H and O–H groups in total. The number of aliphatic carboxylic acids is 1. The average molecular weight is 161 g/mol. The number of amidine groups is 1. The number of hydrogen-bond donors (Lipinski definition) is 4. The molecule has 0 aliphatic rings. The van der Waals surface area contributed by atoms with Crippen molar-refractivity contribution in [2.24, 2.45) is 11.7 Å². The summed E-state index contributed by atoms with van der Waals surface area (Å²) in [4.78, 5) is 10.1. The van der Waals surface area contributed by atoms with Gasteiger partial charge in [-0.25, -0.2) is 5.43 Å². The van der Waals surface area contributed by atoms with Gasteiger partial charge >= 0.3 is 5.97 Å². The fraction of sp³-hybridized carbons (Fsp3) is 0.600. The van der Waals surface area contributed by atoms with Crippen LogP contribution in [-0.2, 0) is 4.79 Å². The highest BCUT2D eigenvalue weighted by molar-refractivity contribution is 5.73. The Balaban J connectivity index is 3.85. The normalized spacial score (nSPS) is 12.2. The molecule has 0 rings (SSSR count). The van der Waals surface area contributed by atoms with Gasteiger partial charge in [-0.3, -0.25) is 10.6 Å². The molecule has 0 amide bonds. The number of nitrogens with two attached hydrogens (primary N) is 2. The number of rotatable bonds is 3. The molecule has 0 unspecified atom stereocenters. The lowest BCUT2D eigenvalue weighted by atomic mass is 10.4. The summed E-state index contributed by atoms with van der Waals surface area (Å²) in [5, 5.41) is 8.27. The number of carboxylic acid groups (broad SMARTS) is 1. The van der Waals surface area contributed by atoms with E-state index in [4.69, 9.17) is 16.8 Å². The summed E-state index contributed by atoms with van der Waals surface area (Å²) in [5.41, 5.74) is 2.31. The fourth-order valence-corrected chi connectivity index (χ4v) is 0.467. The van der Waals surface area contributed by atoms with Crippen LogP contribution in [0.15, 0.2) is 0 Å². The monoisotopic (exact) mass is 161 g/mol. The topological polar surface area (TPSA) is 104 Å². The standard InChI is InChI=1S/C5H12N4O2/c1-4(8-6)9(7)3-2-5(10)11/h2-3,6-7H2,1H3,(H,10,11)/p+1. The molecule has 0 aliphatic carbocycles. The van der Waals surface area contributed by atoms with Crippen molar-refractivity contribution >= 4 is 11.8 Å². The Hall–Kier alpha value is -1.30. The number of carboxylic acids is 1. The molecule has 64 valence electrons. The zero-order chi connectivity index (χ0) is 8.85. The molecule has 6 heteroatoms. The minimum Gasteiger partial charge on any atom is -0.481 e. The van der Waals surface area contributed by atoms with E-state index in [0.717, 1.165) is 0 Å². The molecule has 0 fully saturated rings. The van der Waals surface area contributed by atoms with Gasteiger partial charge in [0.15, 0.2) is 0 Å². The van der Waals surface area contributed by atoms with Crippen molar-refractivity contribution in [3.05, 3.63) is 0 Å². The lowest BCUT2D eigenvalue weighted by Gasteiger charge is -1.99. The van der Waals surface area contributed by atoms with Crippen LogP contribution in [0.1, 0.15) is 13.3 Å². The maximum Gasteiger partial charge on any atom is 0.307 e. The Morgan fingerprint density at radius 2 is 2.27 bits per heavy atom. The van der Waals surface area contributed by atoms with Crippen molar-refractivity contribution in [2.75, 3.05) is 6.54 Å². The van der Waals surface area contributed by atoms with Crippen LogP contribution in [0.25, 0.3) is 0 Å². The molecule has 0 aromatic carbocycles. The minimum absolute atomic E-state index is 0.00444. The molecule has 0 atom stereocenters. The number of hydrogen-bond acceptors (Lipinski definition) is 3. The van der Waals surface area contributed by atoms with Crippen LogP contribution in [0.2, 0.25) is 0 Å². The van der Waals surface area contributed by atoms with E-state index in [9.17, 15) is 4.79 Å². The van der Waals surface area contributed by atoms with E-state index in [1.54, 1.807) is 6.92 Å². The Morgan fingerprint density at radius 1 is 1.73 bits per heavy atom. The van der Waals surface area contributed by atoms with Crippen molar-refractivity contribution < 1.29 is 14.6 Å². The van der Waals surface area contributed by atoms with Crippen LogP contribution < -0.4 is 17.1 Å². The first-order valence-electron chi connectivity index (χ1n) is 3.12. The van der Waals surface area contributed by atoms with Gasteiger partial charge in [0.1, 0.15) is 6.54 Å². The van der Waals surface area contributed by atoms with Crippen molar-refractivity contribution in [3.8, 4) is 0 Å². The number of nitrogens with zero attached hydrogens (tertiary/aromatic N) is 1. The second kappa shape index (κ2) is 4.51. The molecule has 0 spiro atoms. The largest absolute Gasteiger partial charge is 0.481 e. The predicted octanol–water partition coefficient (Wildman–Crippen LogP) is -1.77. The Bertz CT molecular complexity index is 177. The lowest BCUT2D eigenvalue weighted by molar-refractivity contribution is -0.541. The number of hydrazone groups is 1. The van der Waals surface area contributed by atoms with Crippen LogP contribution >= 0.6 is 0 Å². The third kappa shape index (κ3) is 4.15. The van der Waals surface area contributed by atoms with Gasteiger partial charge in [0, 0.05) is 6.92 Å². The average Bonchev–Trinajstić information content (AvgIpc) is 1.98. The molecule has 11 heavy (non-hydrogen) atoms. The number of nitrogens with one attached hydrogen (secondary N) is 1. The van der Waals surface area contributed by atoms with Gasteiger partial charge in [0.05, 0.1) is 6.42 Å². The van der Waals surface area contributed by atoms with E-state index < -0.39 is 5.97 Å². The fourth-order valence-electron chi connectivity index (χ4n) is 0.467. The van der Waals surface area contributed by atoms with Crippen molar-refractivity contribution in [1.29, 1.82) is 0 Å². The molecule has 0 saturated heterocycles. The lowest BCUT2D eigenvalue weighted by Crippen LogP contribution is -2.40. The summed E-state index contributed by atoms with van der Waals surface area (Å²) in [7, 11) is 0. The van der Waals surface area contributed by atoms with Gasteiger partial charge in [-0.05, 0) is 0 Å². The van der Waals surface area contributed by atoms with Gasteiger partial charge in [0.2, 0.25) is 0 Å². The second-order valence-electron chi connectivity index (χ2n) is 2.07. The Morgan fingerprint density at radius 3 is 2.64 bits per heavy atom. The van der Waals surface area contributed by atoms with Gasteiger partial charge in [-0.1, -0.05) is 0 Å². The van der Waals surface area contributed by atoms with Crippen molar-refractivity contribution in [2.45, 2.75) is 13.3 Å². The van der Waals surface area contributed by atoms with E-state index in [1.807, 2.05) is 0 Å². The van der Waals surface area contributed by atoms with E-state index in [0.29, 0.717) is 5.84 Å². The van der Waals surface area contributed by atoms with Crippen molar-refractivity contribution in [1.82, 2.24) is 5.43 Å². The molecule has 0 aromatic heterocycles. The highest BCUT2D eigenvalue weighted by atomic mass is 16.4. The van der Waals surface area contributed by atoms with E-state index in [2.05, 4.69) is 5.43 Å². The highest BCUT2D eigenvalue weighted by Crippen LogP contribution is 1.78. The summed E-state index contributed by atoms with van der Waals surface area (Å²) in [6.45, 7) is 1.90. The van der Waals surface area contributed by atoms with Gasteiger partial charge < -0.3 is 5.11 Å². The summed E-state index contributed by atoms with van der Waals surface area (Å²) in [5.74, 6) is 10.0. The van der Waals surface area contributed by atoms with E-state index in [1.165, 1.54) is 4.68 Å². The maximum absolute atomic E-state index is 10.1. The SMILES string of the molecule is CC(NN)=[N+](N)CCC(=O)O.